The fourth-order valence-corrected chi connectivity index (χ4v) is 7.04. The van der Waals surface area contributed by atoms with Gasteiger partial charge in [0, 0.05) is 28.1 Å². The van der Waals surface area contributed by atoms with Crippen molar-refractivity contribution in [1.82, 2.24) is 5.32 Å². The van der Waals surface area contributed by atoms with Gasteiger partial charge in [0.05, 0.1) is 5.54 Å². The highest BCUT2D eigenvalue weighted by Crippen LogP contribution is 2.39. The Bertz CT molecular complexity index is 2410. The molecule has 0 amide bonds. The zero-order valence-electron chi connectivity index (χ0n) is 26.6. The number of rotatable bonds is 7. The summed E-state index contributed by atoms with van der Waals surface area (Å²) in [7, 11) is 0. The number of hydrogen-bond donors (Lipinski definition) is 1. The molecule has 0 atom stereocenters. The quantitative estimate of drug-likeness (QED) is 0.193. The van der Waals surface area contributed by atoms with Crippen molar-refractivity contribution in [1.29, 1.82) is 0 Å². The van der Waals surface area contributed by atoms with E-state index in [-0.39, 0.29) is 0 Å². The Labute approximate surface area is 279 Å². The van der Waals surface area contributed by atoms with E-state index in [1.807, 2.05) is 12.1 Å². The lowest BCUT2D eigenvalue weighted by Gasteiger charge is -2.32. The van der Waals surface area contributed by atoms with Crippen molar-refractivity contribution in [2.45, 2.75) is 19.0 Å². The molecule has 0 aliphatic carbocycles. The van der Waals surface area contributed by atoms with Gasteiger partial charge >= 0.3 is 0 Å². The predicted octanol–water partition coefficient (Wildman–Crippen LogP) is 11.9. The SMILES string of the molecule is CC(NCc1ccccc1)(c1ccc2c(c1)oc1cc(-c3ccccc3)ccc12)c1ccc2c(c1)oc1cc(-c3ccccc3)ccc12. The largest absolute Gasteiger partial charge is 0.456 e. The second-order valence-electron chi connectivity index (χ2n) is 12.7. The Balaban J connectivity index is 1.15. The van der Waals surface area contributed by atoms with E-state index in [0.29, 0.717) is 6.54 Å². The summed E-state index contributed by atoms with van der Waals surface area (Å²) in [6.45, 7) is 2.96. The molecule has 0 spiro atoms. The highest BCUT2D eigenvalue weighted by molar-refractivity contribution is 6.07. The van der Waals surface area contributed by atoms with E-state index in [4.69, 9.17) is 8.83 Å². The third kappa shape index (κ3) is 4.88. The Morgan fingerprint density at radius 1 is 0.417 bits per heavy atom. The molecule has 230 valence electrons. The first-order chi connectivity index (χ1) is 23.6. The smallest absolute Gasteiger partial charge is 0.136 e. The van der Waals surface area contributed by atoms with Gasteiger partial charge in [0.1, 0.15) is 22.3 Å². The molecule has 7 aromatic carbocycles. The summed E-state index contributed by atoms with van der Waals surface area (Å²) in [4.78, 5) is 0. The van der Waals surface area contributed by atoms with Crippen LogP contribution in [0.1, 0.15) is 23.6 Å². The summed E-state index contributed by atoms with van der Waals surface area (Å²) in [6, 6.07) is 57.7. The van der Waals surface area contributed by atoms with Crippen molar-refractivity contribution in [3.8, 4) is 22.3 Å². The van der Waals surface area contributed by atoms with Gasteiger partial charge in [0.25, 0.3) is 0 Å². The molecule has 2 heterocycles. The van der Waals surface area contributed by atoms with E-state index in [2.05, 4.69) is 164 Å². The Kier molecular flexibility index (Phi) is 6.74. The van der Waals surface area contributed by atoms with Gasteiger partial charge in [-0.3, -0.25) is 5.32 Å². The Morgan fingerprint density at radius 3 is 1.27 bits per heavy atom. The third-order valence-corrected chi connectivity index (χ3v) is 9.80. The zero-order valence-corrected chi connectivity index (χ0v) is 26.6. The molecule has 3 heteroatoms. The van der Waals surface area contributed by atoms with Crippen molar-refractivity contribution in [3.05, 3.63) is 180 Å². The maximum atomic E-state index is 6.56. The second-order valence-corrected chi connectivity index (χ2v) is 12.7. The normalized spacial score (nSPS) is 12.0. The van der Waals surface area contributed by atoms with Gasteiger partial charge in [-0.25, -0.2) is 0 Å². The number of benzene rings is 7. The summed E-state index contributed by atoms with van der Waals surface area (Å²) in [5, 5.41) is 8.38. The first-order valence-corrected chi connectivity index (χ1v) is 16.5. The van der Waals surface area contributed by atoms with Gasteiger partial charge in [0.2, 0.25) is 0 Å². The maximum absolute atomic E-state index is 6.56. The summed E-state index contributed by atoms with van der Waals surface area (Å²) in [6.07, 6.45) is 0. The Morgan fingerprint density at radius 2 is 0.812 bits per heavy atom. The van der Waals surface area contributed by atoms with E-state index in [1.54, 1.807) is 0 Å². The third-order valence-electron chi connectivity index (χ3n) is 9.80. The van der Waals surface area contributed by atoms with Gasteiger partial charge in [-0.05, 0) is 82.3 Å². The predicted molar refractivity (Wildman–Crippen MR) is 198 cm³/mol. The van der Waals surface area contributed by atoms with Crippen molar-refractivity contribution < 1.29 is 8.83 Å². The molecular weight excluding hydrogens is 587 g/mol. The summed E-state index contributed by atoms with van der Waals surface area (Å²) in [5.41, 5.74) is 11.1. The highest BCUT2D eigenvalue weighted by Gasteiger charge is 2.30. The lowest BCUT2D eigenvalue weighted by molar-refractivity contribution is 0.436. The molecule has 48 heavy (non-hydrogen) atoms. The molecule has 0 aliphatic rings. The first-order valence-electron chi connectivity index (χ1n) is 16.5. The molecule has 0 aliphatic heterocycles. The van der Waals surface area contributed by atoms with Gasteiger partial charge in [-0.1, -0.05) is 127 Å². The van der Waals surface area contributed by atoms with Crippen LogP contribution in [0.15, 0.2) is 173 Å². The molecule has 2 aromatic heterocycles. The van der Waals surface area contributed by atoms with Crippen LogP contribution in [-0.2, 0) is 12.1 Å². The summed E-state index contributed by atoms with van der Waals surface area (Å²) >= 11 is 0. The average Bonchev–Trinajstić information content (AvgIpc) is 3.71. The van der Waals surface area contributed by atoms with E-state index < -0.39 is 5.54 Å². The highest BCUT2D eigenvalue weighted by atomic mass is 16.3. The van der Waals surface area contributed by atoms with E-state index in [9.17, 15) is 0 Å². The summed E-state index contributed by atoms with van der Waals surface area (Å²) < 4.78 is 13.1. The summed E-state index contributed by atoms with van der Waals surface area (Å²) in [5.74, 6) is 0. The number of fused-ring (bicyclic) bond motifs is 6. The lowest BCUT2D eigenvalue weighted by atomic mass is 9.83. The Hall–Kier alpha value is -5.90. The fourth-order valence-electron chi connectivity index (χ4n) is 7.04. The van der Waals surface area contributed by atoms with E-state index in [0.717, 1.165) is 66.1 Å². The van der Waals surface area contributed by atoms with Gasteiger partial charge in [-0.2, -0.15) is 0 Å². The van der Waals surface area contributed by atoms with Crippen molar-refractivity contribution in [3.63, 3.8) is 0 Å². The second kappa shape index (κ2) is 11.4. The van der Waals surface area contributed by atoms with Crippen molar-refractivity contribution in [2.75, 3.05) is 0 Å². The van der Waals surface area contributed by atoms with Crippen LogP contribution in [-0.4, -0.2) is 0 Å². The molecule has 0 unspecified atom stereocenters. The van der Waals surface area contributed by atoms with E-state index in [1.165, 1.54) is 16.7 Å². The molecule has 1 N–H and O–H groups in total. The first kappa shape index (κ1) is 28.3. The van der Waals surface area contributed by atoms with Gasteiger partial charge in [-0.15, -0.1) is 0 Å². The van der Waals surface area contributed by atoms with Crippen LogP contribution in [0.25, 0.3) is 66.1 Å². The minimum atomic E-state index is -0.541. The number of hydrogen-bond acceptors (Lipinski definition) is 3. The average molecular weight is 620 g/mol. The van der Waals surface area contributed by atoms with Gasteiger partial charge in [0.15, 0.2) is 0 Å². The molecule has 3 nitrogen and oxygen atoms in total. The van der Waals surface area contributed by atoms with Crippen LogP contribution in [0.5, 0.6) is 0 Å². The molecule has 0 saturated heterocycles. The van der Waals surface area contributed by atoms with Crippen molar-refractivity contribution >= 4 is 43.9 Å². The van der Waals surface area contributed by atoms with Crippen LogP contribution < -0.4 is 5.32 Å². The zero-order chi connectivity index (χ0) is 32.1. The fraction of sp³-hybridized carbons (Fsp3) is 0.0667. The number of nitrogens with one attached hydrogen (secondary N) is 1. The minimum Gasteiger partial charge on any atom is -0.456 e. The van der Waals surface area contributed by atoms with Crippen LogP contribution in [0, 0.1) is 0 Å². The molecular formula is C45H33NO2. The molecule has 0 fully saturated rings. The molecule has 0 bridgehead atoms. The van der Waals surface area contributed by atoms with Crippen molar-refractivity contribution in [2.24, 2.45) is 0 Å². The molecule has 9 aromatic rings. The standard InChI is InChI=1S/C45H33NO2/c1-45(46-29-30-11-5-2-6-12-30,35-19-23-39-37-21-17-33(31-13-7-3-8-14-31)25-41(37)47-43(39)27-35)36-20-24-40-38-22-18-34(32-15-9-4-10-16-32)26-42(38)48-44(40)28-36/h2-28,46H,29H2,1H3. The molecule has 0 radical (unpaired) electrons. The number of furan rings is 2. The van der Waals surface area contributed by atoms with Crippen LogP contribution in [0.4, 0.5) is 0 Å². The van der Waals surface area contributed by atoms with Gasteiger partial charge < -0.3 is 8.83 Å². The maximum Gasteiger partial charge on any atom is 0.136 e. The minimum absolute atomic E-state index is 0.541. The molecule has 0 saturated carbocycles. The molecule has 9 rings (SSSR count). The van der Waals surface area contributed by atoms with Crippen LogP contribution >= 0.6 is 0 Å². The van der Waals surface area contributed by atoms with Crippen LogP contribution in [0.2, 0.25) is 0 Å². The van der Waals surface area contributed by atoms with E-state index >= 15 is 0 Å². The topological polar surface area (TPSA) is 38.3 Å². The van der Waals surface area contributed by atoms with Crippen LogP contribution in [0.3, 0.4) is 0 Å². The monoisotopic (exact) mass is 619 g/mol. The lowest BCUT2D eigenvalue weighted by Crippen LogP contribution is -2.40.